The lowest BCUT2D eigenvalue weighted by Gasteiger charge is -2.23. The number of halogens is 1. The number of nitrogen functional groups attached to an aromatic ring is 1. The molecule has 0 bridgehead atoms. The maximum Gasteiger partial charge on any atom is 0.164 e. The lowest BCUT2D eigenvalue weighted by Crippen LogP contribution is -2.30. The quantitative estimate of drug-likeness (QED) is 0.797. The highest BCUT2D eigenvalue weighted by Crippen LogP contribution is 2.26. The summed E-state index contributed by atoms with van der Waals surface area (Å²) in [6.07, 6.45) is 1.10. The highest BCUT2D eigenvalue weighted by Gasteiger charge is 2.21. The molecule has 0 spiro atoms. The van der Waals surface area contributed by atoms with Gasteiger partial charge in [-0.3, -0.25) is 9.58 Å². The van der Waals surface area contributed by atoms with Gasteiger partial charge in [0, 0.05) is 25.7 Å². The second kappa shape index (κ2) is 4.02. The number of aryl methyl sites for hydroxylation is 1. The van der Waals surface area contributed by atoms with Crippen LogP contribution in [-0.4, -0.2) is 27.3 Å². The van der Waals surface area contributed by atoms with Crippen LogP contribution in [0.25, 0.3) is 0 Å². The van der Waals surface area contributed by atoms with E-state index in [4.69, 9.17) is 17.3 Å². The molecular formula is C10H17ClN4. The molecule has 0 saturated carbocycles. The molecule has 2 N–H and O–H groups in total. The molecule has 0 unspecified atom stereocenters. The minimum atomic E-state index is 0.456. The van der Waals surface area contributed by atoms with Gasteiger partial charge in [0.15, 0.2) is 5.82 Å². The van der Waals surface area contributed by atoms with E-state index in [0.29, 0.717) is 16.9 Å². The van der Waals surface area contributed by atoms with Crippen molar-refractivity contribution in [1.29, 1.82) is 0 Å². The molecule has 0 amide bonds. The average Bonchev–Trinajstić information content (AvgIpc) is 2.41. The predicted octanol–water partition coefficient (Wildman–Crippen LogP) is 1.73. The van der Waals surface area contributed by atoms with Crippen molar-refractivity contribution in [2.45, 2.75) is 39.4 Å². The van der Waals surface area contributed by atoms with Crippen LogP contribution in [0.1, 0.15) is 26.0 Å². The largest absolute Gasteiger partial charge is 0.381 e. The molecule has 0 radical (unpaired) electrons. The first-order valence-corrected chi connectivity index (χ1v) is 5.72. The summed E-state index contributed by atoms with van der Waals surface area (Å²) in [5.41, 5.74) is 6.77. The smallest absolute Gasteiger partial charge is 0.164 e. The molecule has 84 valence electrons. The zero-order chi connectivity index (χ0) is 11.0. The third-order valence-electron chi connectivity index (χ3n) is 2.92. The molecule has 1 aliphatic rings. The molecule has 0 fully saturated rings. The zero-order valence-corrected chi connectivity index (χ0v) is 9.96. The number of nitrogens with two attached hydrogens (primary N) is 1. The summed E-state index contributed by atoms with van der Waals surface area (Å²) < 4.78 is 1.94. The van der Waals surface area contributed by atoms with Gasteiger partial charge in [-0.25, -0.2) is 0 Å². The molecule has 0 saturated heterocycles. The van der Waals surface area contributed by atoms with Gasteiger partial charge in [-0.2, -0.15) is 5.10 Å². The highest BCUT2D eigenvalue weighted by molar-refractivity contribution is 6.33. The molecule has 0 aromatic carbocycles. The first-order valence-electron chi connectivity index (χ1n) is 5.34. The van der Waals surface area contributed by atoms with Gasteiger partial charge in [-0.15, -0.1) is 0 Å². The van der Waals surface area contributed by atoms with Crippen molar-refractivity contribution in [3.8, 4) is 0 Å². The van der Waals surface area contributed by atoms with E-state index in [2.05, 4.69) is 23.8 Å². The Hall–Kier alpha value is -0.740. The van der Waals surface area contributed by atoms with Gasteiger partial charge in [0.25, 0.3) is 0 Å². The molecule has 1 aromatic heterocycles. The first kappa shape index (κ1) is 10.8. The molecule has 4 nitrogen and oxygen atoms in total. The Balaban J connectivity index is 2.31. The molecule has 1 aliphatic heterocycles. The number of fused-ring (bicyclic) bond motifs is 1. The second-order valence-electron chi connectivity index (χ2n) is 4.29. The van der Waals surface area contributed by atoms with Crippen LogP contribution in [0.3, 0.4) is 0 Å². The lowest BCUT2D eigenvalue weighted by molar-refractivity contribution is 0.216. The summed E-state index contributed by atoms with van der Waals surface area (Å²) >= 11 is 6.13. The maximum absolute atomic E-state index is 6.13. The van der Waals surface area contributed by atoms with Crippen molar-refractivity contribution in [3.05, 3.63) is 10.7 Å². The molecule has 0 atom stereocenters. The maximum atomic E-state index is 6.13. The Morgan fingerprint density at radius 1 is 1.40 bits per heavy atom. The topological polar surface area (TPSA) is 47.1 Å². The Bertz CT molecular complexity index is 359. The SMILES string of the molecule is CC(C)N1CCCn2nc(N)c(Cl)c2C1. The van der Waals surface area contributed by atoms with Gasteiger partial charge in [0.1, 0.15) is 5.02 Å². The fourth-order valence-corrected chi connectivity index (χ4v) is 2.16. The number of hydrogen-bond acceptors (Lipinski definition) is 3. The van der Waals surface area contributed by atoms with Gasteiger partial charge in [0.2, 0.25) is 0 Å². The van der Waals surface area contributed by atoms with Crippen molar-refractivity contribution in [3.63, 3.8) is 0 Å². The molecule has 2 heterocycles. The molecule has 0 aliphatic carbocycles. The van der Waals surface area contributed by atoms with Crippen LogP contribution in [-0.2, 0) is 13.1 Å². The van der Waals surface area contributed by atoms with E-state index in [1.165, 1.54) is 0 Å². The van der Waals surface area contributed by atoms with E-state index in [-0.39, 0.29) is 0 Å². The minimum absolute atomic E-state index is 0.456. The highest BCUT2D eigenvalue weighted by atomic mass is 35.5. The minimum Gasteiger partial charge on any atom is -0.381 e. The van der Waals surface area contributed by atoms with Gasteiger partial charge in [0.05, 0.1) is 5.69 Å². The van der Waals surface area contributed by atoms with Gasteiger partial charge >= 0.3 is 0 Å². The van der Waals surface area contributed by atoms with Crippen LogP contribution in [0.4, 0.5) is 5.82 Å². The normalized spacial score (nSPS) is 17.9. The Morgan fingerprint density at radius 2 is 2.13 bits per heavy atom. The summed E-state index contributed by atoms with van der Waals surface area (Å²) in [7, 11) is 0. The van der Waals surface area contributed by atoms with Crippen LogP contribution >= 0.6 is 11.6 Å². The lowest BCUT2D eigenvalue weighted by atomic mass is 10.3. The fourth-order valence-electron chi connectivity index (χ4n) is 1.97. The second-order valence-corrected chi connectivity index (χ2v) is 4.66. The van der Waals surface area contributed by atoms with Crippen LogP contribution in [0.2, 0.25) is 5.02 Å². The average molecular weight is 229 g/mol. The molecule has 1 aromatic rings. The van der Waals surface area contributed by atoms with Gasteiger partial charge < -0.3 is 5.73 Å². The number of nitrogens with zero attached hydrogens (tertiary/aromatic N) is 3. The molecule has 5 heteroatoms. The monoisotopic (exact) mass is 228 g/mol. The Labute approximate surface area is 95.0 Å². The van der Waals surface area contributed by atoms with Crippen molar-refractivity contribution in [1.82, 2.24) is 14.7 Å². The summed E-state index contributed by atoms with van der Waals surface area (Å²) in [5, 5.41) is 4.87. The van der Waals surface area contributed by atoms with Crippen molar-refractivity contribution < 1.29 is 0 Å². The van der Waals surface area contributed by atoms with Crippen LogP contribution in [0.15, 0.2) is 0 Å². The van der Waals surface area contributed by atoms with E-state index in [9.17, 15) is 0 Å². The number of aromatic nitrogens is 2. The van der Waals surface area contributed by atoms with E-state index >= 15 is 0 Å². The summed E-state index contributed by atoms with van der Waals surface area (Å²) in [4.78, 5) is 2.39. The molecule has 15 heavy (non-hydrogen) atoms. The molecule has 2 rings (SSSR count). The first-order chi connectivity index (χ1) is 7.09. The van der Waals surface area contributed by atoms with E-state index in [1.54, 1.807) is 0 Å². The predicted molar refractivity (Wildman–Crippen MR) is 61.8 cm³/mol. The van der Waals surface area contributed by atoms with E-state index in [0.717, 1.165) is 31.7 Å². The van der Waals surface area contributed by atoms with Crippen LogP contribution in [0, 0.1) is 0 Å². The Morgan fingerprint density at radius 3 is 2.80 bits per heavy atom. The number of anilines is 1. The van der Waals surface area contributed by atoms with E-state index < -0.39 is 0 Å². The van der Waals surface area contributed by atoms with Gasteiger partial charge in [-0.05, 0) is 20.3 Å². The fraction of sp³-hybridized carbons (Fsp3) is 0.700. The molecular weight excluding hydrogens is 212 g/mol. The number of hydrogen-bond donors (Lipinski definition) is 1. The number of rotatable bonds is 1. The third kappa shape index (κ3) is 1.96. The van der Waals surface area contributed by atoms with E-state index in [1.807, 2.05) is 4.68 Å². The van der Waals surface area contributed by atoms with Gasteiger partial charge in [-0.1, -0.05) is 11.6 Å². The summed E-state index contributed by atoms with van der Waals surface area (Å²) in [6.45, 7) is 7.25. The summed E-state index contributed by atoms with van der Waals surface area (Å²) in [5.74, 6) is 0.456. The third-order valence-corrected chi connectivity index (χ3v) is 3.33. The summed E-state index contributed by atoms with van der Waals surface area (Å²) in [6, 6.07) is 0.531. The zero-order valence-electron chi connectivity index (χ0n) is 9.20. The standard InChI is InChI=1S/C10H17ClN4/c1-7(2)14-4-3-5-15-8(6-14)9(11)10(12)13-15/h7H,3-6H2,1-2H3,(H2,12,13). The Kier molecular flexibility index (Phi) is 2.89. The van der Waals surface area contributed by atoms with Crippen molar-refractivity contribution >= 4 is 17.4 Å². The van der Waals surface area contributed by atoms with Crippen molar-refractivity contribution in [2.24, 2.45) is 0 Å². The van der Waals surface area contributed by atoms with Crippen LogP contribution in [0.5, 0.6) is 0 Å². The van der Waals surface area contributed by atoms with Crippen LogP contribution < -0.4 is 5.73 Å². The van der Waals surface area contributed by atoms with Crippen molar-refractivity contribution in [2.75, 3.05) is 12.3 Å².